The van der Waals surface area contributed by atoms with Gasteiger partial charge in [-0.05, 0) is 0 Å². The number of nitrogens with two attached hydrogens (primary N) is 1. The van der Waals surface area contributed by atoms with Crippen LogP contribution in [0.2, 0.25) is 0 Å². The van der Waals surface area contributed by atoms with Crippen molar-refractivity contribution in [2.75, 3.05) is 24.4 Å². The van der Waals surface area contributed by atoms with Gasteiger partial charge in [0, 0.05) is 25.3 Å². The number of nitrogens with zero attached hydrogens (tertiary/aromatic N) is 2. The van der Waals surface area contributed by atoms with Gasteiger partial charge in [0.15, 0.2) is 14.9 Å². The summed E-state index contributed by atoms with van der Waals surface area (Å²) in [7, 11) is -7.55. The molecule has 10 heteroatoms. The summed E-state index contributed by atoms with van der Waals surface area (Å²) < 4.78 is 46.7. The molecule has 0 bridgehead atoms. The first-order valence-electron chi connectivity index (χ1n) is 5.16. The second-order valence-electron chi connectivity index (χ2n) is 4.03. The predicted molar refractivity (Wildman–Crippen MR) is 68.5 cm³/mol. The molecule has 1 unspecified atom stereocenters. The van der Waals surface area contributed by atoms with Crippen molar-refractivity contribution in [3.8, 4) is 0 Å². The van der Waals surface area contributed by atoms with Gasteiger partial charge in [-0.3, -0.25) is 0 Å². The van der Waals surface area contributed by atoms with Gasteiger partial charge >= 0.3 is 0 Å². The van der Waals surface area contributed by atoms with Crippen molar-refractivity contribution in [3.63, 3.8) is 0 Å². The summed E-state index contributed by atoms with van der Waals surface area (Å²) in [6, 6.07) is 0. The van der Waals surface area contributed by atoms with Crippen molar-refractivity contribution < 1.29 is 22.0 Å². The van der Waals surface area contributed by atoms with Crippen LogP contribution in [0.1, 0.15) is 13.8 Å². The largest absolute Gasteiger partial charge is 0.409 e. The van der Waals surface area contributed by atoms with Gasteiger partial charge in [-0.15, -0.1) is 0 Å². The van der Waals surface area contributed by atoms with Crippen LogP contribution in [0.3, 0.4) is 0 Å². The molecular weight excluding hydrogens is 282 g/mol. The predicted octanol–water partition coefficient (Wildman–Crippen LogP) is -0.977. The Bertz CT molecular complexity index is 497. The summed E-state index contributed by atoms with van der Waals surface area (Å²) in [5.74, 6) is -0.618. The van der Waals surface area contributed by atoms with E-state index in [1.54, 1.807) is 13.8 Å². The molecular formula is C8H19N3O5S2. The van der Waals surface area contributed by atoms with Crippen LogP contribution in [0.15, 0.2) is 5.16 Å². The molecule has 8 nitrogen and oxygen atoms in total. The minimum atomic E-state index is -3.91. The summed E-state index contributed by atoms with van der Waals surface area (Å²) in [5, 5.41) is 10.3. The van der Waals surface area contributed by atoms with Crippen molar-refractivity contribution in [3.05, 3.63) is 0 Å². The molecule has 0 aromatic rings. The third-order valence-electron chi connectivity index (χ3n) is 2.21. The van der Waals surface area contributed by atoms with Gasteiger partial charge in [0.25, 0.3) is 0 Å². The fourth-order valence-corrected chi connectivity index (χ4v) is 4.89. The third-order valence-corrected chi connectivity index (χ3v) is 6.31. The Labute approximate surface area is 107 Å². The van der Waals surface area contributed by atoms with Crippen molar-refractivity contribution >= 4 is 25.7 Å². The highest BCUT2D eigenvalue weighted by Gasteiger charge is 2.27. The number of hydrogen-bond acceptors (Lipinski definition) is 6. The smallest absolute Gasteiger partial charge is 0.228 e. The Hall–Kier alpha value is -0.870. The molecule has 0 aliphatic heterocycles. The Balaban J connectivity index is 5.00. The van der Waals surface area contributed by atoms with E-state index in [1.807, 2.05) is 0 Å². The van der Waals surface area contributed by atoms with E-state index in [2.05, 4.69) is 5.16 Å². The summed E-state index contributed by atoms with van der Waals surface area (Å²) in [6.07, 6.45) is 0.853. The Morgan fingerprint density at radius 1 is 1.39 bits per heavy atom. The minimum Gasteiger partial charge on any atom is -0.409 e. The van der Waals surface area contributed by atoms with Crippen LogP contribution in [0.25, 0.3) is 0 Å². The summed E-state index contributed by atoms with van der Waals surface area (Å²) in [4.78, 5) is 0. The van der Waals surface area contributed by atoms with E-state index in [4.69, 9.17) is 10.9 Å². The maximum atomic E-state index is 11.8. The average Bonchev–Trinajstić information content (AvgIpc) is 2.20. The Morgan fingerprint density at radius 3 is 2.22 bits per heavy atom. The number of rotatable bonds is 7. The first kappa shape index (κ1) is 17.1. The molecule has 0 saturated heterocycles. The molecule has 0 rings (SSSR count). The van der Waals surface area contributed by atoms with Gasteiger partial charge in [0.2, 0.25) is 10.0 Å². The van der Waals surface area contributed by atoms with E-state index in [0.29, 0.717) is 0 Å². The number of sulfone groups is 1. The lowest BCUT2D eigenvalue weighted by Gasteiger charge is -2.22. The fraction of sp³-hybridized carbons (Fsp3) is 0.875. The lowest BCUT2D eigenvalue weighted by molar-refractivity contribution is 0.311. The van der Waals surface area contributed by atoms with Crippen molar-refractivity contribution in [2.24, 2.45) is 16.8 Å². The second-order valence-corrected chi connectivity index (χ2v) is 8.51. The molecule has 1 atom stereocenters. The molecule has 0 saturated carbocycles. The van der Waals surface area contributed by atoms with E-state index < -0.39 is 30.9 Å². The molecule has 0 fully saturated rings. The third kappa shape index (κ3) is 5.65. The molecule has 0 amide bonds. The molecule has 0 aromatic carbocycles. The van der Waals surface area contributed by atoms with Crippen LogP contribution in [0.5, 0.6) is 0 Å². The van der Waals surface area contributed by atoms with Crippen LogP contribution >= 0.6 is 0 Å². The van der Waals surface area contributed by atoms with Gasteiger partial charge in [-0.25, -0.2) is 21.1 Å². The standard InChI is InChI=1S/C8H19N3O5S2/c1-4-11(5-7(2)8(9)10-12)18(15,16)6-17(3,13)14/h7,12H,4-6H2,1-3H3,(H2,9,10). The van der Waals surface area contributed by atoms with E-state index in [1.165, 1.54) is 0 Å². The Kier molecular flexibility index (Phi) is 6.04. The zero-order chi connectivity index (χ0) is 14.6. The van der Waals surface area contributed by atoms with Gasteiger partial charge < -0.3 is 10.9 Å². The molecule has 0 spiro atoms. The monoisotopic (exact) mass is 301 g/mol. The molecule has 0 heterocycles. The lowest BCUT2D eigenvalue weighted by atomic mass is 10.1. The van der Waals surface area contributed by atoms with Gasteiger partial charge in [-0.1, -0.05) is 19.0 Å². The average molecular weight is 301 g/mol. The van der Waals surface area contributed by atoms with E-state index in [-0.39, 0.29) is 18.9 Å². The first-order chi connectivity index (χ1) is 8.03. The maximum Gasteiger partial charge on any atom is 0.228 e. The van der Waals surface area contributed by atoms with Gasteiger partial charge in [0.1, 0.15) is 5.84 Å². The summed E-state index contributed by atoms with van der Waals surface area (Å²) in [5.41, 5.74) is 5.35. The SMILES string of the molecule is CCN(CC(C)C(N)=NO)S(=O)(=O)CS(C)(=O)=O. The minimum absolute atomic E-state index is 0.0375. The van der Waals surface area contributed by atoms with Crippen LogP contribution in [0.4, 0.5) is 0 Å². The van der Waals surface area contributed by atoms with Crippen LogP contribution in [-0.2, 0) is 19.9 Å². The van der Waals surface area contributed by atoms with E-state index >= 15 is 0 Å². The molecule has 0 aliphatic carbocycles. The molecule has 0 radical (unpaired) electrons. The first-order valence-corrected chi connectivity index (χ1v) is 8.83. The zero-order valence-corrected chi connectivity index (χ0v) is 12.2. The number of sulfonamides is 1. The molecule has 108 valence electrons. The number of oxime groups is 1. The molecule has 3 N–H and O–H groups in total. The van der Waals surface area contributed by atoms with Crippen LogP contribution in [0, 0.1) is 5.92 Å². The molecule has 0 aromatic heterocycles. The highest BCUT2D eigenvalue weighted by atomic mass is 32.3. The van der Waals surface area contributed by atoms with E-state index in [0.717, 1.165) is 10.6 Å². The van der Waals surface area contributed by atoms with Crippen molar-refractivity contribution in [1.29, 1.82) is 0 Å². The van der Waals surface area contributed by atoms with Gasteiger partial charge in [-0.2, -0.15) is 0 Å². The summed E-state index contributed by atoms with van der Waals surface area (Å²) >= 11 is 0. The fourth-order valence-electron chi connectivity index (χ4n) is 1.28. The number of hydrogen-bond donors (Lipinski definition) is 2. The van der Waals surface area contributed by atoms with Gasteiger partial charge in [0.05, 0.1) is 0 Å². The highest BCUT2D eigenvalue weighted by Crippen LogP contribution is 2.09. The summed E-state index contributed by atoms with van der Waals surface area (Å²) in [6.45, 7) is 3.23. The van der Waals surface area contributed by atoms with Crippen molar-refractivity contribution in [1.82, 2.24) is 4.31 Å². The lowest BCUT2D eigenvalue weighted by Crippen LogP contribution is -2.41. The van der Waals surface area contributed by atoms with Crippen LogP contribution in [-0.4, -0.2) is 56.6 Å². The topological polar surface area (TPSA) is 130 Å². The highest BCUT2D eigenvalue weighted by molar-refractivity contribution is 8.06. The van der Waals surface area contributed by atoms with Crippen molar-refractivity contribution in [2.45, 2.75) is 13.8 Å². The zero-order valence-electron chi connectivity index (χ0n) is 10.6. The molecule has 18 heavy (non-hydrogen) atoms. The maximum absolute atomic E-state index is 11.8. The normalized spacial score (nSPS) is 15.9. The second kappa shape index (κ2) is 6.34. The quantitative estimate of drug-likeness (QED) is 0.269. The van der Waals surface area contributed by atoms with Crippen LogP contribution < -0.4 is 5.73 Å². The Morgan fingerprint density at radius 2 is 1.89 bits per heavy atom. The number of amidine groups is 1. The molecule has 0 aliphatic rings. The van der Waals surface area contributed by atoms with E-state index in [9.17, 15) is 16.8 Å².